The van der Waals surface area contributed by atoms with Crippen LogP contribution in [0.2, 0.25) is 0 Å². The first-order valence-corrected chi connectivity index (χ1v) is 9.62. The van der Waals surface area contributed by atoms with Crippen molar-refractivity contribution in [1.82, 2.24) is 4.72 Å². The van der Waals surface area contributed by atoms with Crippen molar-refractivity contribution in [2.24, 2.45) is 11.7 Å². The zero-order valence-corrected chi connectivity index (χ0v) is 11.8. The van der Waals surface area contributed by atoms with Crippen LogP contribution in [0.5, 0.6) is 0 Å². The van der Waals surface area contributed by atoms with Crippen LogP contribution in [0.25, 0.3) is 0 Å². The van der Waals surface area contributed by atoms with Gasteiger partial charge in [-0.1, -0.05) is 0 Å². The lowest BCUT2D eigenvalue weighted by molar-refractivity contribution is 0.501. The van der Waals surface area contributed by atoms with Crippen molar-refractivity contribution in [2.75, 3.05) is 18.1 Å². The third-order valence-corrected chi connectivity index (χ3v) is 7.40. The van der Waals surface area contributed by atoms with E-state index in [-0.39, 0.29) is 30.4 Å². The lowest BCUT2D eigenvalue weighted by atomic mass is 10.2. The van der Waals surface area contributed by atoms with Gasteiger partial charge in [0.25, 0.3) is 0 Å². The summed E-state index contributed by atoms with van der Waals surface area (Å²) in [6.45, 7) is 0.301. The molecular weight excluding hydrogens is 276 g/mol. The summed E-state index contributed by atoms with van der Waals surface area (Å²) in [5, 5.41) is -0.589. The van der Waals surface area contributed by atoms with Crippen LogP contribution in [0.3, 0.4) is 0 Å². The molecule has 0 radical (unpaired) electrons. The van der Waals surface area contributed by atoms with E-state index in [1.807, 2.05) is 0 Å². The van der Waals surface area contributed by atoms with Gasteiger partial charge in [0, 0.05) is 12.6 Å². The molecule has 0 amide bonds. The first kappa shape index (κ1) is 14.2. The maximum Gasteiger partial charge on any atom is 0.214 e. The molecule has 1 unspecified atom stereocenters. The van der Waals surface area contributed by atoms with Crippen molar-refractivity contribution in [1.29, 1.82) is 0 Å². The van der Waals surface area contributed by atoms with E-state index in [2.05, 4.69) is 4.72 Å². The molecule has 18 heavy (non-hydrogen) atoms. The average Bonchev–Trinajstić information content (AvgIpc) is 3.09. The van der Waals surface area contributed by atoms with Gasteiger partial charge in [-0.25, -0.2) is 21.6 Å². The maximum absolute atomic E-state index is 12.1. The molecular formula is C10H20N2O4S2. The van der Waals surface area contributed by atoms with E-state index < -0.39 is 25.1 Å². The van der Waals surface area contributed by atoms with Gasteiger partial charge in [0.2, 0.25) is 10.0 Å². The Hall–Kier alpha value is -0.180. The monoisotopic (exact) mass is 296 g/mol. The third kappa shape index (κ3) is 3.43. The summed E-state index contributed by atoms with van der Waals surface area (Å²) in [6.07, 6.45) is 2.42. The summed E-state index contributed by atoms with van der Waals surface area (Å²) in [5.41, 5.74) is 5.57. The fourth-order valence-electron chi connectivity index (χ4n) is 2.32. The van der Waals surface area contributed by atoms with Gasteiger partial charge in [-0.05, 0) is 31.6 Å². The highest BCUT2D eigenvalue weighted by Crippen LogP contribution is 2.33. The SMILES string of the molecule is NCC(NS(=O)(=O)C1CCS(=O)(=O)CC1)C1CC1. The van der Waals surface area contributed by atoms with Gasteiger partial charge in [0.05, 0.1) is 16.8 Å². The summed E-state index contributed by atoms with van der Waals surface area (Å²) < 4.78 is 49.5. The Labute approximate surface area is 108 Å². The van der Waals surface area contributed by atoms with Crippen molar-refractivity contribution >= 4 is 19.9 Å². The van der Waals surface area contributed by atoms with Crippen molar-refractivity contribution in [3.8, 4) is 0 Å². The molecule has 1 heterocycles. The normalized spacial score (nSPS) is 26.9. The van der Waals surface area contributed by atoms with Crippen LogP contribution in [-0.4, -0.2) is 46.2 Å². The molecule has 0 spiro atoms. The van der Waals surface area contributed by atoms with Crippen molar-refractivity contribution in [3.63, 3.8) is 0 Å². The summed E-state index contributed by atoms with van der Waals surface area (Å²) in [5.74, 6) is 0.294. The van der Waals surface area contributed by atoms with Gasteiger partial charge < -0.3 is 5.73 Å². The topological polar surface area (TPSA) is 106 Å². The van der Waals surface area contributed by atoms with Crippen molar-refractivity contribution in [2.45, 2.75) is 37.0 Å². The highest BCUT2D eigenvalue weighted by Gasteiger charge is 2.37. The highest BCUT2D eigenvalue weighted by atomic mass is 32.2. The van der Waals surface area contributed by atoms with Gasteiger partial charge in [-0.15, -0.1) is 0 Å². The molecule has 0 aromatic heterocycles. The van der Waals surface area contributed by atoms with Gasteiger partial charge in [-0.2, -0.15) is 0 Å². The van der Waals surface area contributed by atoms with Crippen molar-refractivity contribution in [3.05, 3.63) is 0 Å². The van der Waals surface area contributed by atoms with Crippen LogP contribution in [0.4, 0.5) is 0 Å². The number of nitrogens with one attached hydrogen (secondary N) is 1. The second-order valence-electron chi connectivity index (χ2n) is 5.19. The fraction of sp³-hybridized carbons (Fsp3) is 1.00. The number of hydrogen-bond donors (Lipinski definition) is 2. The Kier molecular flexibility index (Phi) is 4.01. The van der Waals surface area contributed by atoms with E-state index in [0.29, 0.717) is 12.5 Å². The van der Waals surface area contributed by atoms with Crippen LogP contribution in [0.15, 0.2) is 0 Å². The molecule has 2 fully saturated rings. The molecule has 1 aliphatic carbocycles. The van der Waals surface area contributed by atoms with Crippen LogP contribution >= 0.6 is 0 Å². The Balaban J connectivity index is 1.98. The van der Waals surface area contributed by atoms with Crippen LogP contribution < -0.4 is 10.5 Å². The minimum atomic E-state index is -3.44. The number of nitrogens with two attached hydrogens (primary N) is 1. The molecule has 0 bridgehead atoms. The first-order chi connectivity index (χ1) is 8.34. The average molecular weight is 296 g/mol. The molecule has 1 saturated carbocycles. The molecule has 8 heteroatoms. The predicted molar refractivity (Wildman–Crippen MR) is 69.3 cm³/mol. The fourth-order valence-corrected chi connectivity index (χ4v) is 5.87. The molecule has 1 atom stereocenters. The number of sulfone groups is 1. The molecule has 0 aromatic carbocycles. The van der Waals surface area contributed by atoms with Crippen LogP contribution in [-0.2, 0) is 19.9 Å². The summed E-state index contributed by atoms with van der Waals surface area (Å²) in [6, 6.07) is -0.187. The first-order valence-electron chi connectivity index (χ1n) is 6.26. The Bertz CT molecular complexity index is 482. The molecule has 2 aliphatic rings. The Morgan fingerprint density at radius 2 is 1.72 bits per heavy atom. The van der Waals surface area contributed by atoms with E-state index in [1.165, 1.54) is 0 Å². The molecule has 1 saturated heterocycles. The van der Waals surface area contributed by atoms with Crippen LogP contribution in [0, 0.1) is 5.92 Å². The lowest BCUT2D eigenvalue weighted by Gasteiger charge is -2.25. The van der Waals surface area contributed by atoms with Crippen molar-refractivity contribution < 1.29 is 16.8 Å². The molecule has 1 aliphatic heterocycles. The standard InChI is InChI=1S/C10H20N2O4S2/c11-7-10(8-1-2-8)12-18(15,16)9-3-5-17(13,14)6-4-9/h8-10,12H,1-7,11H2. The summed E-state index contributed by atoms with van der Waals surface area (Å²) in [4.78, 5) is 0. The largest absolute Gasteiger partial charge is 0.329 e. The second kappa shape index (κ2) is 5.07. The Morgan fingerprint density at radius 1 is 1.17 bits per heavy atom. The number of hydrogen-bond acceptors (Lipinski definition) is 5. The number of sulfonamides is 1. The molecule has 2 rings (SSSR count). The number of rotatable bonds is 5. The lowest BCUT2D eigenvalue weighted by Crippen LogP contribution is -2.47. The maximum atomic E-state index is 12.1. The summed E-state index contributed by atoms with van der Waals surface area (Å²) in [7, 11) is -6.48. The van der Waals surface area contributed by atoms with E-state index in [9.17, 15) is 16.8 Å². The Morgan fingerprint density at radius 3 is 2.17 bits per heavy atom. The molecule has 0 aromatic rings. The zero-order valence-electron chi connectivity index (χ0n) is 10.2. The van der Waals surface area contributed by atoms with Crippen LogP contribution in [0.1, 0.15) is 25.7 Å². The van der Waals surface area contributed by atoms with E-state index >= 15 is 0 Å². The van der Waals surface area contributed by atoms with Gasteiger partial charge in [0.15, 0.2) is 0 Å². The van der Waals surface area contributed by atoms with E-state index in [1.54, 1.807) is 0 Å². The predicted octanol–water partition coefficient (Wildman–Crippen LogP) is -0.780. The van der Waals surface area contributed by atoms with Gasteiger partial charge in [-0.3, -0.25) is 0 Å². The molecule has 3 N–H and O–H groups in total. The minimum absolute atomic E-state index is 0.0324. The van der Waals surface area contributed by atoms with E-state index in [0.717, 1.165) is 12.8 Å². The zero-order chi connectivity index (χ0) is 13.4. The van der Waals surface area contributed by atoms with Gasteiger partial charge >= 0.3 is 0 Å². The smallest absolute Gasteiger partial charge is 0.214 e. The highest BCUT2D eigenvalue weighted by molar-refractivity contribution is 7.92. The second-order valence-corrected chi connectivity index (χ2v) is 9.49. The minimum Gasteiger partial charge on any atom is -0.329 e. The van der Waals surface area contributed by atoms with Gasteiger partial charge in [0.1, 0.15) is 9.84 Å². The third-order valence-electron chi connectivity index (χ3n) is 3.70. The summed E-state index contributed by atoms with van der Waals surface area (Å²) >= 11 is 0. The van der Waals surface area contributed by atoms with E-state index in [4.69, 9.17) is 5.73 Å². The quantitative estimate of drug-likeness (QED) is 0.692. The molecule has 106 valence electrons. The molecule has 6 nitrogen and oxygen atoms in total.